The highest BCUT2D eigenvalue weighted by Crippen LogP contribution is 2.25. The quantitative estimate of drug-likeness (QED) is 0.791. The average molecular weight is 261 g/mol. The Morgan fingerprint density at radius 2 is 1.94 bits per heavy atom. The summed E-state index contributed by atoms with van der Waals surface area (Å²) in [5, 5.41) is 2.97. The van der Waals surface area contributed by atoms with Gasteiger partial charge < -0.3 is 4.74 Å². The van der Waals surface area contributed by atoms with E-state index in [1.807, 2.05) is 38.3 Å². The first kappa shape index (κ1) is 12.8. The zero-order chi connectivity index (χ0) is 13.1. The summed E-state index contributed by atoms with van der Waals surface area (Å²) in [4.78, 5) is 15.1. The van der Waals surface area contributed by atoms with Gasteiger partial charge in [-0.25, -0.2) is 4.98 Å². The van der Waals surface area contributed by atoms with Gasteiger partial charge in [0.25, 0.3) is 0 Å². The van der Waals surface area contributed by atoms with Crippen molar-refractivity contribution in [1.29, 1.82) is 0 Å². The van der Waals surface area contributed by atoms with Gasteiger partial charge in [-0.15, -0.1) is 11.3 Å². The Bertz CT molecular complexity index is 552. The highest BCUT2D eigenvalue weighted by Gasteiger charge is 2.07. The molecule has 0 N–H and O–H groups in total. The van der Waals surface area contributed by atoms with Gasteiger partial charge in [0.15, 0.2) is 0 Å². The second-order valence-corrected chi connectivity index (χ2v) is 5.22. The van der Waals surface area contributed by atoms with Gasteiger partial charge in [-0.2, -0.15) is 0 Å². The van der Waals surface area contributed by atoms with E-state index in [9.17, 15) is 4.79 Å². The second kappa shape index (κ2) is 5.31. The molecule has 1 aromatic heterocycles. The number of hydrogen-bond donors (Lipinski definition) is 0. The second-order valence-electron chi connectivity index (χ2n) is 4.27. The van der Waals surface area contributed by atoms with Crippen LogP contribution in [0.25, 0.3) is 0 Å². The molecule has 0 spiro atoms. The maximum absolute atomic E-state index is 10.8. The van der Waals surface area contributed by atoms with E-state index in [2.05, 4.69) is 4.98 Å². The van der Waals surface area contributed by atoms with Gasteiger partial charge in [0.2, 0.25) is 0 Å². The SMILES string of the molecule is Cc1csc(COc2c(C)cc(C=O)cc2C)n1. The summed E-state index contributed by atoms with van der Waals surface area (Å²) in [6, 6.07) is 3.67. The Morgan fingerprint density at radius 3 is 2.44 bits per heavy atom. The molecule has 0 unspecified atom stereocenters. The van der Waals surface area contributed by atoms with Crippen LogP contribution in [0.3, 0.4) is 0 Å². The number of carbonyl (C=O) groups is 1. The van der Waals surface area contributed by atoms with Crippen molar-refractivity contribution in [3.63, 3.8) is 0 Å². The van der Waals surface area contributed by atoms with Gasteiger partial charge >= 0.3 is 0 Å². The van der Waals surface area contributed by atoms with Crippen LogP contribution in [0.2, 0.25) is 0 Å². The Morgan fingerprint density at radius 1 is 1.28 bits per heavy atom. The lowest BCUT2D eigenvalue weighted by atomic mass is 10.1. The molecule has 94 valence electrons. The van der Waals surface area contributed by atoms with E-state index in [0.29, 0.717) is 12.2 Å². The summed E-state index contributed by atoms with van der Waals surface area (Å²) < 4.78 is 5.80. The molecule has 4 heteroatoms. The van der Waals surface area contributed by atoms with Crippen LogP contribution >= 0.6 is 11.3 Å². The normalized spacial score (nSPS) is 10.4. The minimum Gasteiger partial charge on any atom is -0.486 e. The monoisotopic (exact) mass is 261 g/mol. The molecule has 3 nitrogen and oxygen atoms in total. The Labute approximate surface area is 110 Å². The fourth-order valence-corrected chi connectivity index (χ4v) is 2.57. The minimum absolute atomic E-state index is 0.473. The van der Waals surface area contributed by atoms with Crippen LogP contribution in [0.15, 0.2) is 17.5 Å². The highest BCUT2D eigenvalue weighted by atomic mass is 32.1. The molecule has 0 radical (unpaired) electrons. The molecule has 0 saturated heterocycles. The molecule has 0 fully saturated rings. The summed E-state index contributed by atoms with van der Waals surface area (Å²) in [5.74, 6) is 0.841. The van der Waals surface area contributed by atoms with Gasteiger partial charge in [0.05, 0.1) is 0 Å². The predicted molar refractivity (Wildman–Crippen MR) is 72.5 cm³/mol. The topological polar surface area (TPSA) is 39.2 Å². The average Bonchev–Trinajstić information content (AvgIpc) is 2.73. The molecule has 1 heterocycles. The first-order valence-electron chi connectivity index (χ1n) is 5.70. The van der Waals surface area contributed by atoms with Crippen molar-refractivity contribution in [2.24, 2.45) is 0 Å². The van der Waals surface area contributed by atoms with E-state index >= 15 is 0 Å². The summed E-state index contributed by atoms with van der Waals surface area (Å²) in [5.41, 5.74) is 3.65. The van der Waals surface area contributed by atoms with E-state index in [0.717, 1.165) is 33.9 Å². The summed E-state index contributed by atoms with van der Waals surface area (Å²) in [6.07, 6.45) is 0.855. The van der Waals surface area contributed by atoms with Crippen LogP contribution < -0.4 is 4.74 Å². The number of aromatic nitrogens is 1. The number of nitrogens with zero attached hydrogens (tertiary/aromatic N) is 1. The number of hydrogen-bond acceptors (Lipinski definition) is 4. The van der Waals surface area contributed by atoms with Crippen LogP contribution in [-0.4, -0.2) is 11.3 Å². The van der Waals surface area contributed by atoms with E-state index in [4.69, 9.17) is 4.74 Å². The number of aldehydes is 1. The Hall–Kier alpha value is -1.68. The van der Waals surface area contributed by atoms with Gasteiger partial charge in [0, 0.05) is 16.6 Å². The number of rotatable bonds is 4. The minimum atomic E-state index is 0.473. The summed E-state index contributed by atoms with van der Waals surface area (Å²) in [6.45, 7) is 6.33. The molecule has 2 rings (SSSR count). The smallest absolute Gasteiger partial charge is 0.150 e. The van der Waals surface area contributed by atoms with Crippen molar-refractivity contribution in [2.75, 3.05) is 0 Å². The molecule has 0 amide bonds. The van der Waals surface area contributed by atoms with Crippen LogP contribution in [0, 0.1) is 20.8 Å². The molecular weight excluding hydrogens is 246 g/mol. The molecule has 0 aliphatic rings. The predicted octanol–water partition coefficient (Wildman–Crippen LogP) is 3.46. The molecule has 0 saturated carbocycles. The van der Waals surface area contributed by atoms with Crippen LogP contribution in [0.1, 0.15) is 32.2 Å². The van der Waals surface area contributed by atoms with Crippen molar-refractivity contribution in [1.82, 2.24) is 4.98 Å². The van der Waals surface area contributed by atoms with E-state index in [1.54, 1.807) is 11.3 Å². The summed E-state index contributed by atoms with van der Waals surface area (Å²) >= 11 is 1.60. The van der Waals surface area contributed by atoms with E-state index in [1.165, 1.54) is 0 Å². The van der Waals surface area contributed by atoms with Gasteiger partial charge in [-0.3, -0.25) is 4.79 Å². The van der Waals surface area contributed by atoms with Crippen LogP contribution in [0.5, 0.6) is 5.75 Å². The zero-order valence-corrected chi connectivity index (χ0v) is 11.5. The third-order valence-corrected chi connectivity index (χ3v) is 3.57. The maximum Gasteiger partial charge on any atom is 0.150 e. The number of thiazole rings is 1. The lowest BCUT2D eigenvalue weighted by Gasteiger charge is -2.11. The molecule has 0 aliphatic heterocycles. The van der Waals surface area contributed by atoms with Crippen molar-refractivity contribution >= 4 is 17.6 Å². The molecular formula is C14H15NO2S. The molecule has 0 aliphatic carbocycles. The van der Waals surface area contributed by atoms with Gasteiger partial charge in [-0.05, 0) is 44.0 Å². The third-order valence-electron chi connectivity index (χ3n) is 2.63. The Kier molecular flexibility index (Phi) is 3.77. The fraction of sp³-hybridized carbons (Fsp3) is 0.286. The largest absolute Gasteiger partial charge is 0.486 e. The molecule has 18 heavy (non-hydrogen) atoms. The molecule has 2 aromatic rings. The van der Waals surface area contributed by atoms with Crippen LogP contribution in [0.4, 0.5) is 0 Å². The van der Waals surface area contributed by atoms with Crippen molar-refractivity contribution in [2.45, 2.75) is 27.4 Å². The van der Waals surface area contributed by atoms with E-state index in [-0.39, 0.29) is 0 Å². The standard InChI is InChI=1S/C14H15NO2S/c1-9-4-12(6-16)5-10(2)14(9)17-7-13-15-11(3)8-18-13/h4-6,8H,7H2,1-3H3. The molecule has 0 atom stereocenters. The molecule has 0 bridgehead atoms. The van der Waals surface area contributed by atoms with Crippen molar-refractivity contribution < 1.29 is 9.53 Å². The lowest BCUT2D eigenvalue weighted by Crippen LogP contribution is -1.99. The first-order chi connectivity index (χ1) is 8.60. The highest BCUT2D eigenvalue weighted by molar-refractivity contribution is 7.09. The molecule has 1 aromatic carbocycles. The van der Waals surface area contributed by atoms with Crippen molar-refractivity contribution in [3.05, 3.63) is 44.9 Å². The maximum atomic E-state index is 10.8. The fourth-order valence-electron chi connectivity index (χ4n) is 1.88. The third kappa shape index (κ3) is 2.76. The number of carbonyl (C=O) groups excluding carboxylic acids is 1. The first-order valence-corrected chi connectivity index (χ1v) is 6.58. The van der Waals surface area contributed by atoms with Crippen molar-refractivity contribution in [3.8, 4) is 5.75 Å². The summed E-state index contributed by atoms with van der Waals surface area (Å²) in [7, 11) is 0. The number of benzene rings is 1. The van der Waals surface area contributed by atoms with Crippen LogP contribution in [-0.2, 0) is 6.61 Å². The number of aryl methyl sites for hydroxylation is 3. The zero-order valence-electron chi connectivity index (χ0n) is 10.7. The van der Waals surface area contributed by atoms with E-state index < -0.39 is 0 Å². The lowest BCUT2D eigenvalue weighted by molar-refractivity contribution is 0.112. The Balaban J connectivity index is 2.16. The number of ether oxygens (including phenoxy) is 1. The van der Waals surface area contributed by atoms with Gasteiger partial charge in [0.1, 0.15) is 23.7 Å². The van der Waals surface area contributed by atoms with Gasteiger partial charge in [-0.1, -0.05) is 0 Å².